The largest absolute Gasteiger partial charge is 0.485 e. The minimum atomic E-state index is -1.22. The number of hydrogen-bond donors (Lipinski definition) is 0. The fourth-order valence-corrected chi connectivity index (χ4v) is 1.49. The van der Waals surface area contributed by atoms with E-state index in [1.54, 1.807) is 0 Å². The van der Waals surface area contributed by atoms with Crippen LogP contribution < -0.4 is 4.74 Å². The summed E-state index contributed by atoms with van der Waals surface area (Å²) in [5.74, 6) is -1.93. The van der Waals surface area contributed by atoms with Crippen LogP contribution in [0, 0.1) is 26.0 Å². The summed E-state index contributed by atoms with van der Waals surface area (Å²) in [7, 11) is 0.989. The lowest BCUT2D eigenvalue weighted by atomic mass is 10.2. The van der Waals surface area contributed by atoms with E-state index in [-0.39, 0.29) is 4.47 Å². The Morgan fingerprint density at radius 3 is 2.31 bits per heavy atom. The van der Waals surface area contributed by atoms with Crippen LogP contribution in [0.25, 0.3) is 0 Å². The van der Waals surface area contributed by atoms with Gasteiger partial charge in [0.15, 0.2) is 0 Å². The van der Waals surface area contributed by atoms with E-state index >= 15 is 0 Å². The Kier molecular flexibility index (Phi) is 3.38. The van der Waals surface area contributed by atoms with Crippen molar-refractivity contribution in [2.45, 2.75) is 0 Å². The third-order valence-corrected chi connectivity index (χ3v) is 2.29. The number of nitro groups is 2. The van der Waals surface area contributed by atoms with Gasteiger partial charge in [-0.15, -0.1) is 0 Å². The molecular weight excluding hydrogens is 291 g/mol. The van der Waals surface area contributed by atoms with Crippen molar-refractivity contribution in [1.29, 1.82) is 0 Å². The maximum Gasteiger partial charge on any atom is 0.354 e. The molecule has 0 aliphatic heterocycles. The zero-order valence-electron chi connectivity index (χ0n) is 7.77. The molecule has 0 N–H and O–H groups in total. The van der Waals surface area contributed by atoms with E-state index in [9.17, 15) is 24.6 Å². The second-order valence-corrected chi connectivity index (χ2v) is 3.44. The summed E-state index contributed by atoms with van der Waals surface area (Å²) in [6.07, 6.45) is 0. The van der Waals surface area contributed by atoms with Crippen molar-refractivity contribution in [2.24, 2.45) is 0 Å². The number of hydrogen-bond acceptors (Lipinski definition) is 5. The van der Waals surface area contributed by atoms with Crippen molar-refractivity contribution >= 4 is 27.3 Å². The standard InChI is InChI=1S/C7H4BrFN2O5/c1-16-7-4(10(12)13)2-3(8)5(9)6(7)11(14)15/h2H,1H3. The Balaban J connectivity index is 3.68. The topological polar surface area (TPSA) is 95.5 Å². The van der Waals surface area contributed by atoms with Crippen LogP contribution in [0.5, 0.6) is 5.75 Å². The normalized spacial score (nSPS) is 9.94. The molecule has 1 aromatic carbocycles. The molecule has 16 heavy (non-hydrogen) atoms. The van der Waals surface area contributed by atoms with Crippen molar-refractivity contribution in [3.05, 3.63) is 36.6 Å². The molecular formula is C7H4BrFN2O5. The van der Waals surface area contributed by atoms with Crippen LogP contribution in [-0.2, 0) is 0 Å². The van der Waals surface area contributed by atoms with Gasteiger partial charge in [-0.2, -0.15) is 4.39 Å². The number of rotatable bonds is 3. The molecule has 0 aliphatic rings. The monoisotopic (exact) mass is 294 g/mol. The van der Waals surface area contributed by atoms with Gasteiger partial charge in [0, 0.05) is 6.07 Å². The molecule has 1 aromatic rings. The van der Waals surface area contributed by atoms with Gasteiger partial charge in [0.05, 0.1) is 21.4 Å². The average Bonchev–Trinajstić information content (AvgIpc) is 2.20. The van der Waals surface area contributed by atoms with Crippen LogP contribution in [-0.4, -0.2) is 17.0 Å². The molecule has 0 fully saturated rings. The van der Waals surface area contributed by atoms with Crippen LogP contribution in [0.2, 0.25) is 0 Å². The molecule has 0 spiro atoms. The average molecular weight is 295 g/mol. The van der Waals surface area contributed by atoms with Gasteiger partial charge in [-0.25, -0.2) is 0 Å². The number of halogens is 2. The second kappa shape index (κ2) is 4.39. The minimum Gasteiger partial charge on any atom is -0.485 e. The van der Waals surface area contributed by atoms with Crippen LogP contribution in [0.15, 0.2) is 10.5 Å². The molecule has 0 aromatic heterocycles. The zero-order chi connectivity index (χ0) is 12.5. The SMILES string of the molecule is COc1c([N+](=O)[O-])cc(Br)c(F)c1[N+](=O)[O-]. The van der Waals surface area contributed by atoms with Crippen LogP contribution >= 0.6 is 15.9 Å². The molecule has 7 nitrogen and oxygen atoms in total. The Labute approximate surface area is 96.2 Å². The summed E-state index contributed by atoms with van der Waals surface area (Å²) in [5.41, 5.74) is -1.74. The van der Waals surface area contributed by atoms with Gasteiger partial charge in [-0.05, 0) is 15.9 Å². The fourth-order valence-electron chi connectivity index (χ4n) is 1.08. The highest BCUT2D eigenvalue weighted by Crippen LogP contribution is 2.41. The molecule has 0 radical (unpaired) electrons. The van der Waals surface area contributed by atoms with Crippen molar-refractivity contribution < 1.29 is 19.0 Å². The molecule has 0 atom stereocenters. The minimum absolute atomic E-state index is 0.369. The Bertz CT molecular complexity index is 478. The molecule has 0 heterocycles. The lowest BCUT2D eigenvalue weighted by Gasteiger charge is -2.04. The maximum absolute atomic E-state index is 13.4. The highest BCUT2D eigenvalue weighted by molar-refractivity contribution is 9.10. The Morgan fingerprint density at radius 1 is 1.38 bits per heavy atom. The van der Waals surface area contributed by atoms with Gasteiger partial charge in [0.2, 0.25) is 5.82 Å². The lowest BCUT2D eigenvalue weighted by Crippen LogP contribution is -2.02. The first-order valence-electron chi connectivity index (χ1n) is 3.75. The van der Waals surface area contributed by atoms with Gasteiger partial charge in [-0.1, -0.05) is 0 Å². The van der Waals surface area contributed by atoms with Gasteiger partial charge >= 0.3 is 11.4 Å². The van der Waals surface area contributed by atoms with Gasteiger partial charge in [0.25, 0.3) is 5.75 Å². The molecule has 0 bridgehead atoms. The molecule has 86 valence electrons. The van der Waals surface area contributed by atoms with Crippen molar-refractivity contribution in [3.63, 3.8) is 0 Å². The number of benzene rings is 1. The summed E-state index contributed by atoms with van der Waals surface area (Å²) in [6, 6.07) is 0.807. The predicted octanol–water partition coefficient (Wildman–Crippen LogP) is 2.41. The maximum atomic E-state index is 13.4. The number of nitro benzene ring substituents is 2. The molecule has 9 heteroatoms. The number of ether oxygens (including phenoxy) is 1. The number of methoxy groups -OCH3 is 1. The first kappa shape index (κ1) is 12.3. The van der Waals surface area contributed by atoms with E-state index in [1.165, 1.54) is 0 Å². The smallest absolute Gasteiger partial charge is 0.354 e. The Hall–Kier alpha value is -1.77. The fraction of sp³-hybridized carbons (Fsp3) is 0.143. The van der Waals surface area contributed by atoms with Crippen LogP contribution in [0.3, 0.4) is 0 Å². The summed E-state index contributed by atoms with van der Waals surface area (Å²) < 4.78 is 17.5. The predicted molar refractivity (Wildman–Crippen MR) is 54.0 cm³/mol. The van der Waals surface area contributed by atoms with Gasteiger partial charge < -0.3 is 4.74 Å². The molecule has 0 aliphatic carbocycles. The van der Waals surface area contributed by atoms with Crippen molar-refractivity contribution in [1.82, 2.24) is 0 Å². The Morgan fingerprint density at radius 2 is 1.94 bits per heavy atom. The van der Waals surface area contributed by atoms with Crippen molar-refractivity contribution in [3.8, 4) is 5.75 Å². The zero-order valence-corrected chi connectivity index (χ0v) is 9.35. The molecule has 0 unspecified atom stereocenters. The van der Waals surface area contributed by atoms with Crippen LogP contribution in [0.4, 0.5) is 15.8 Å². The first-order chi connectivity index (χ1) is 7.40. The third-order valence-electron chi connectivity index (χ3n) is 1.71. The molecule has 0 saturated carbocycles. The van der Waals surface area contributed by atoms with E-state index in [0.29, 0.717) is 0 Å². The van der Waals surface area contributed by atoms with Gasteiger partial charge in [0.1, 0.15) is 0 Å². The summed E-state index contributed by atoms with van der Waals surface area (Å²) in [5, 5.41) is 21.1. The van der Waals surface area contributed by atoms with Crippen molar-refractivity contribution in [2.75, 3.05) is 7.11 Å². The summed E-state index contributed by atoms with van der Waals surface area (Å²) in [6.45, 7) is 0. The van der Waals surface area contributed by atoms with Gasteiger partial charge in [-0.3, -0.25) is 20.2 Å². The highest BCUT2D eigenvalue weighted by atomic mass is 79.9. The summed E-state index contributed by atoms with van der Waals surface area (Å²) >= 11 is 2.66. The highest BCUT2D eigenvalue weighted by Gasteiger charge is 2.33. The third kappa shape index (κ3) is 1.94. The lowest BCUT2D eigenvalue weighted by molar-refractivity contribution is -0.397. The van der Waals surface area contributed by atoms with E-state index in [1.807, 2.05) is 0 Å². The van der Waals surface area contributed by atoms with Crippen LogP contribution in [0.1, 0.15) is 0 Å². The first-order valence-corrected chi connectivity index (χ1v) is 4.54. The molecule has 1 rings (SSSR count). The van der Waals surface area contributed by atoms with E-state index in [2.05, 4.69) is 20.7 Å². The molecule has 0 saturated heterocycles. The quantitative estimate of drug-likeness (QED) is 0.630. The summed E-state index contributed by atoms with van der Waals surface area (Å²) in [4.78, 5) is 19.2. The molecule has 0 amide bonds. The van der Waals surface area contributed by atoms with E-state index in [4.69, 9.17) is 0 Å². The number of nitrogens with zero attached hydrogens (tertiary/aromatic N) is 2. The van der Waals surface area contributed by atoms with E-state index < -0.39 is 32.8 Å². The second-order valence-electron chi connectivity index (χ2n) is 2.59. The van der Waals surface area contributed by atoms with E-state index in [0.717, 1.165) is 13.2 Å².